The molecule has 0 amide bonds. The Morgan fingerprint density at radius 2 is 0.773 bits per heavy atom. The highest BCUT2D eigenvalue weighted by Gasteiger charge is 2.54. The van der Waals surface area contributed by atoms with Crippen LogP contribution in [0.5, 0.6) is 0 Å². The van der Waals surface area contributed by atoms with E-state index < -0.39 is 79.8 Å². The molecular formula is C53H50O13. The predicted molar refractivity (Wildman–Crippen MR) is 239 cm³/mol. The van der Waals surface area contributed by atoms with Gasteiger partial charge in [0.05, 0.1) is 49.7 Å². The predicted octanol–water partition coefficient (Wildman–Crippen LogP) is 7.51. The van der Waals surface area contributed by atoms with Crippen molar-refractivity contribution in [2.45, 2.75) is 75.1 Å². The van der Waals surface area contributed by atoms with E-state index in [-0.39, 0.29) is 36.5 Å². The summed E-state index contributed by atoms with van der Waals surface area (Å²) in [4.78, 5) is 41.3. The van der Waals surface area contributed by atoms with Crippen LogP contribution < -0.4 is 0 Å². The molecule has 0 spiro atoms. The summed E-state index contributed by atoms with van der Waals surface area (Å²) in [5.74, 6) is -2.47. The number of aliphatic hydroxyl groups excluding tert-OH is 1. The maximum atomic E-state index is 13.9. The van der Waals surface area contributed by atoms with Crippen LogP contribution in [0, 0.1) is 0 Å². The first kappa shape index (κ1) is 46.0. The van der Waals surface area contributed by atoms with E-state index in [1.807, 2.05) is 91.0 Å². The second kappa shape index (κ2) is 23.1. The molecule has 6 aromatic rings. The maximum Gasteiger partial charge on any atom is 0.338 e. The Hall–Kier alpha value is -6.55. The van der Waals surface area contributed by atoms with Crippen LogP contribution >= 0.6 is 0 Å². The quantitative estimate of drug-likeness (QED) is 0.0631. The lowest BCUT2D eigenvalue weighted by Gasteiger charge is -2.43. The highest BCUT2D eigenvalue weighted by Crippen LogP contribution is 2.34. The van der Waals surface area contributed by atoms with E-state index in [0.29, 0.717) is 6.61 Å². The van der Waals surface area contributed by atoms with Gasteiger partial charge in [-0.1, -0.05) is 146 Å². The fourth-order valence-electron chi connectivity index (χ4n) is 7.66. The van der Waals surface area contributed by atoms with Gasteiger partial charge in [0.15, 0.2) is 30.9 Å². The summed E-state index contributed by atoms with van der Waals surface area (Å²) in [5.41, 5.74) is 3.30. The third kappa shape index (κ3) is 12.2. The van der Waals surface area contributed by atoms with Gasteiger partial charge in [-0.25, -0.2) is 14.4 Å². The van der Waals surface area contributed by atoms with Crippen molar-refractivity contribution in [3.8, 4) is 0 Å². The monoisotopic (exact) mass is 894 g/mol. The van der Waals surface area contributed by atoms with Crippen molar-refractivity contribution in [2.75, 3.05) is 13.2 Å². The Balaban J connectivity index is 1.09. The number of rotatable bonds is 19. The second-order valence-corrected chi connectivity index (χ2v) is 15.7. The SMILES string of the molecule is O=C(O[C@@H]1[C@H](OC(=O)c2ccccc2)[C@@H](O)O[C@H](CO[C@@H]2O[C@@H](COCc3ccccc3)[C@H](OCc3ccccc3)[C@H]2OCc2ccccc2)[C@H]1OC(=O)c1ccccc1)c1ccccc1. The zero-order chi connectivity index (χ0) is 45.5. The summed E-state index contributed by atoms with van der Waals surface area (Å²) in [6.45, 7) is 0.436. The summed E-state index contributed by atoms with van der Waals surface area (Å²) < 4.78 is 56.7. The van der Waals surface area contributed by atoms with Crippen molar-refractivity contribution in [3.63, 3.8) is 0 Å². The Bertz CT molecular complexity index is 2410. The Labute approximate surface area is 382 Å². The van der Waals surface area contributed by atoms with Gasteiger partial charge in [-0.15, -0.1) is 0 Å². The zero-order valence-electron chi connectivity index (χ0n) is 35.9. The third-order valence-electron chi connectivity index (χ3n) is 11.0. The molecule has 13 heteroatoms. The lowest BCUT2D eigenvalue weighted by Crippen LogP contribution is -2.62. The number of carbonyl (C=O) groups is 3. The van der Waals surface area contributed by atoms with Gasteiger partial charge in [0.1, 0.15) is 24.4 Å². The Kier molecular flexibility index (Phi) is 16.1. The Morgan fingerprint density at radius 3 is 1.24 bits per heavy atom. The molecule has 6 aromatic carbocycles. The first-order valence-corrected chi connectivity index (χ1v) is 21.7. The average Bonchev–Trinajstić information content (AvgIpc) is 3.70. The molecule has 2 heterocycles. The first-order chi connectivity index (χ1) is 32.4. The van der Waals surface area contributed by atoms with E-state index >= 15 is 0 Å². The fraction of sp³-hybridized carbons (Fsp3) is 0.264. The highest BCUT2D eigenvalue weighted by molar-refractivity contribution is 5.91. The largest absolute Gasteiger partial charge is 0.452 e. The molecule has 0 radical (unpaired) electrons. The number of benzene rings is 6. The highest BCUT2D eigenvalue weighted by atomic mass is 16.7. The molecular weight excluding hydrogens is 845 g/mol. The fourth-order valence-corrected chi connectivity index (χ4v) is 7.66. The van der Waals surface area contributed by atoms with E-state index in [4.69, 9.17) is 42.6 Å². The molecule has 2 fully saturated rings. The average molecular weight is 895 g/mol. The van der Waals surface area contributed by atoms with Crippen molar-refractivity contribution < 1.29 is 62.1 Å². The van der Waals surface area contributed by atoms with Crippen molar-refractivity contribution in [3.05, 3.63) is 215 Å². The minimum atomic E-state index is -1.89. The molecule has 66 heavy (non-hydrogen) atoms. The number of ether oxygens (including phenoxy) is 9. The van der Waals surface area contributed by atoms with Crippen LogP contribution in [0.1, 0.15) is 47.8 Å². The van der Waals surface area contributed by atoms with E-state index in [9.17, 15) is 19.5 Å². The standard InChI is InChI=1S/C53H50O13/c54-49(39-25-13-4-14-26-39)64-45-43(62-52(57)47(66-51(56)41-29-17-6-18-30-41)46(45)65-50(55)40-27-15-5-16-28-40)35-61-53-48(60-33-38-23-11-3-12-24-38)44(59-32-37-21-9-2-10-22-37)42(63-53)34-58-31-36-19-7-1-8-20-36/h1-30,42-48,52-53,57H,31-35H2/t42-,43+,44-,45+,46-,47-,48+,52-,53+/m0/s1. The van der Waals surface area contributed by atoms with Crippen molar-refractivity contribution in [2.24, 2.45) is 0 Å². The zero-order valence-corrected chi connectivity index (χ0v) is 35.9. The van der Waals surface area contributed by atoms with Gasteiger partial charge in [-0.2, -0.15) is 0 Å². The van der Waals surface area contributed by atoms with Gasteiger partial charge in [-0.3, -0.25) is 0 Å². The lowest BCUT2D eigenvalue weighted by molar-refractivity contribution is -0.296. The van der Waals surface area contributed by atoms with Gasteiger partial charge in [-0.05, 0) is 53.1 Å². The van der Waals surface area contributed by atoms with Crippen molar-refractivity contribution in [1.29, 1.82) is 0 Å². The number of esters is 3. The van der Waals surface area contributed by atoms with Gasteiger partial charge < -0.3 is 47.7 Å². The van der Waals surface area contributed by atoms with Crippen LogP contribution in [-0.4, -0.2) is 91.5 Å². The van der Waals surface area contributed by atoms with Crippen LogP contribution in [-0.2, 0) is 62.5 Å². The topological polar surface area (TPSA) is 155 Å². The molecule has 0 saturated carbocycles. The smallest absolute Gasteiger partial charge is 0.338 e. The number of hydrogen-bond acceptors (Lipinski definition) is 13. The van der Waals surface area contributed by atoms with E-state index in [1.54, 1.807) is 66.7 Å². The van der Waals surface area contributed by atoms with E-state index in [1.165, 1.54) is 24.3 Å². The number of carbonyl (C=O) groups excluding carboxylic acids is 3. The molecule has 0 aliphatic carbocycles. The van der Waals surface area contributed by atoms with E-state index in [0.717, 1.165) is 16.7 Å². The van der Waals surface area contributed by atoms with Crippen molar-refractivity contribution >= 4 is 17.9 Å². The van der Waals surface area contributed by atoms with Crippen molar-refractivity contribution in [1.82, 2.24) is 0 Å². The molecule has 1 N–H and O–H groups in total. The summed E-state index contributed by atoms with van der Waals surface area (Å²) in [7, 11) is 0. The molecule has 2 aliphatic rings. The summed E-state index contributed by atoms with van der Waals surface area (Å²) in [6.07, 6.45) is -11.4. The molecule has 0 aromatic heterocycles. The van der Waals surface area contributed by atoms with Crippen LogP contribution in [0.4, 0.5) is 0 Å². The molecule has 13 nitrogen and oxygen atoms in total. The summed E-state index contributed by atoms with van der Waals surface area (Å²) in [6, 6.07) is 53.4. The molecule has 0 bridgehead atoms. The minimum Gasteiger partial charge on any atom is -0.452 e. The van der Waals surface area contributed by atoms with Crippen LogP contribution in [0.2, 0.25) is 0 Å². The second-order valence-electron chi connectivity index (χ2n) is 15.7. The number of hydrogen-bond donors (Lipinski definition) is 1. The molecule has 2 aliphatic heterocycles. The summed E-state index contributed by atoms with van der Waals surface area (Å²) in [5, 5.41) is 11.7. The minimum absolute atomic E-state index is 0.112. The van der Waals surface area contributed by atoms with Gasteiger partial charge in [0.2, 0.25) is 0 Å². The normalized spacial score (nSPS) is 23.7. The van der Waals surface area contributed by atoms with E-state index in [2.05, 4.69) is 0 Å². The summed E-state index contributed by atoms with van der Waals surface area (Å²) >= 11 is 0. The van der Waals surface area contributed by atoms with Gasteiger partial charge in [0, 0.05) is 0 Å². The van der Waals surface area contributed by atoms with Gasteiger partial charge >= 0.3 is 17.9 Å². The molecule has 8 rings (SSSR count). The molecule has 2 saturated heterocycles. The Morgan fingerprint density at radius 1 is 0.394 bits per heavy atom. The molecule has 0 unspecified atom stereocenters. The molecule has 9 atom stereocenters. The van der Waals surface area contributed by atoms with Crippen LogP contribution in [0.25, 0.3) is 0 Å². The first-order valence-electron chi connectivity index (χ1n) is 21.7. The lowest BCUT2D eigenvalue weighted by atomic mass is 9.97. The van der Waals surface area contributed by atoms with Crippen LogP contribution in [0.15, 0.2) is 182 Å². The maximum absolute atomic E-state index is 13.9. The van der Waals surface area contributed by atoms with Crippen LogP contribution in [0.3, 0.4) is 0 Å². The number of aliphatic hydroxyl groups is 1. The molecule has 340 valence electrons. The van der Waals surface area contributed by atoms with Gasteiger partial charge in [0.25, 0.3) is 0 Å². The third-order valence-corrected chi connectivity index (χ3v) is 11.0.